The predicted octanol–water partition coefficient (Wildman–Crippen LogP) is 3.20. The second kappa shape index (κ2) is 9.36. The molecule has 0 aliphatic rings. The van der Waals surface area contributed by atoms with Gasteiger partial charge in [0.15, 0.2) is 11.0 Å². The van der Waals surface area contributed by atoms with Gasteiger partial charge in [0.1, 0.15) is 5.75 Å². The van der Waals surface area contributed by atoms with Crippen LogP contribution in [0.15, 0.2) is 53.9 Å². The number of thioether (sulfide) groups is 1. The molecule has 0 fully saturated rings. The van der Waals surface area contributed by atoms with Crippen LogP contribution >= 0.6 is 11.8 Å². The number of hydrogen-bond acceptors (Lipinski definition) is 6. The van der Waals surface area contributed by atoms with Crippen molar-refractivity contribution in [1.29, 1.82) is 0 Å². The van der Waals surface area contributed by atoms with E-state index in [0.29, 0.717) is 23.4 Å². The number of carbonyl (C=O) groups excluding carboxylic acids is 1. The molecule has 2 aromatic heterocycles. The van der Waals surface area contributed by atoms with Gasteiger partial charge in [-0.2, -0.15) is 0 Å². The molecule has 3 rings (SSSR count). The van der Waals surface area contributed by atoms with Crippen molar-refractivity contribution in [3.63, 3.8) is 0 Å². The summed E-state index contributed by atoms with van der Waals surface area (Å²) in [4.78, 5) is 16.3. The van der Waals surface area contributed by atoms with Crippen molar-refractivity contribution >= 4 is 17.7 Å². The van der Waals surface area contributed by atoms with Gasteiger partial charge >= 0.3 is 0 Å². The largest absolute Gasteiger partial charge is 0.497 e. The summed E-state index contributed by atoms with van der Waals surface area (Å²) in [5, 5.41) is 12.2. The molecule has 28 heavy (non-hydrogen) atoms. The zero-order chi connectivity index (χ0) is 19.9. The molecule has 146 valence electrons. The molecule has 1 amide bonds. The molecule has 1 aromatic carbocycles. The molecule has 0 unspecified atom stereocenters. The van der Waals surface area contributed by atoms with Crippen molar-refractivity contribution in [2.75, 3.05) is 19.4 Å². The van der Waals surface area contributed by atoms with E-state index in [1.807, 2.05) is 41.0 Å². The first kappa shape index (κ1) is 19.9. The molecular formula is C20H23N5O2S. The minimum Gasteiger partial charge on any atom is -0.497 e. The molecule has 3 aromatic rings. The number of methoxy groups -OCH3 is 1. The molecule has 0 aliphatic heterocycles. The smallest absolute Gasteiger partial charge is 0.230 e. The average molecular weight is 398 g/mol. The van der Waals surface area contributed by atoms with E-state index >= 15 is 0 Å². The van der Waals surface area contributed by atoms with E-state index in [0.717, 1.165) is 17.0 Å². The lowest BCUT2D eigenvalue weighted by Gasteiger charge is -2.11. The van der Waals surface area contributed by atoms with E-state index in [4.69, 9.17) is 4.74 Å². The fraction of sp³-hybridized carbons (Fsp3) is 0.300. The van der Waals surface area contributed by atoms with Crippen molar-refractivity contribution in [2.24, 2.45) is 5.92 Å². The number of benzene rings is 1. The predicted molar refractivity (Wildman–Crippen MR) is 110 cm³/mol. The highest BCUT2D eigenvalue weighted by Gasteiger charge is 2.17. The van der Waals surface area contributed by atoms with E-state index in [2.05, 4.69) is 34.3 Å². The summed E-state index contributed by atoms with van der Waals surface area (Å²) in [5.41, 5.74) is 1.73. The SMILES string of the molecule is COc1ccc(-n2c(SCC(=O)NCC(C)C)nnc2-c2cccnc2)cc1. The van der Waals surface area contributed by atoms with Crippen LogP contribution in [0, 0.1) is 5.92 Å². The Kier molecular flexibility index (Phi) is 6.65. The van der Waals surface area contributed by atoms with Gasteiger partial charge in [-0.15, -0.1) is 10.2 Å². The third-order valence-electron chi connectivity index (χ3n) is 3.92. The Balaban J connectivity index is 1.89. The number of rotatable bonds is 8. The van der Waals surface area contributed by atoms with E-state index in [9.17, 15) is 4.79 Å². The molecule has 0 aliphatic carbocycles. The monoisotopic (exact) mass is 397 g/mol. The highest BCUT2D eigenvalue weighted by molar-refractivity contribution is 7.99. The van der Waals surface area contributed by atoms with Gasteiger partial charge in [-0.1, -0.05) is 25.6 Å². The highest BCUT2D eigenvalue weighted by Crippen LogP contribution is 2.28. The van der Waals surface area contributed by atoms with Gasteiger partial charge in [0, 0.05) is 30.2 Å². The Hall–Kier alpha value is -2.87. The molecule has 0 saturated heterocycles. The topological polar surface area (TPSA) is 81.9 Å². The van der Waals surface area contributed by atoms with Gasteiger partial charge in [0.2, 0.25) is 5.91 Å². The maximum absolute atomic E-state index is 12.1. The van der Waals surface area contributed by atoms with Crippen molar-refractivity contribution in [2.45, 2.75) is 19.0 Å². The number of ether oxygens (including phenoxy) is 1. The van der Waals surface area contributed by atoms with Gasteiger partial charge in [-0.05, 0) is 42.3 Å². The quantitative estimate of drug-likeness (QED) is 0.588. The van der Waals surface area contributed by atoms with Crippen LogP contribution in [0.2, 0.25) is 0 Å². The van der Waals surface area contributed by atoms with Crippen molar-refractivity contribution in [3.05, 3.63) is 48.8 Å². The fourth-order valence-corrected chi connectivity index (χ4v) is 3.29. The summed E-state index contributed by atoms with van der Waals surface area (Å²) in [6, 6.07) is 11.4. The minimum atomic E-state index is -0.0223. The maximum Gasteiger partial charge on any atom is 0.230 e. The molecule has 1 N–H and O–H groups in total. The van der Waals surface area contributed by atoms with Gasteiger partial charge in [-0.25, -0.2) is 0 Å². The summed E-state index contributed by atoms with van der Waals surface area (Å²) >= 11 is 1.35. The molecule has 7 nitrogen and oxygen atoms in total. The van der Waals surface area contributed by atoms with Crippen molar-refractivity contribution in [3.8, 4) is 22.8 Å². The molecule has 0 atom stereocenters. The Morgan fingerprint density at radius 2 is 2.00 bits per heavy atom. The number of nitrogens with one attached hydrogen (secondary N) is 1. The van der Waals surface area contributed by atoms with Crippen LogP contribution in [-0.2, 0) is 4.79 Å². The molecule has 0 spiro atoms. The van der Waals surface area contributed by atoms with Gasteiger partial charge in [0.05, 0.1) is 12.9 Å². The third-order valence-corrected chi connectivity index (χ3v) is 4.85. The molecule has 2 heterocycles. The van der Waals surface area contributed by atoms with Crippen molar-refractivity contribution in [1.82, 2.24) is 25.1 Å². The number of carbonyl (C=O) groups is 1. The molecule has 0 radical (unpaired) electrons. The minimum absolute atomic E-state index is 0.0223. The summed E-state index contributed by atoms with van der Waals surface area (Å²) in [6.07, 6.45) is 3.46. The first-order valence-electron chi connectivity index (χ1n) is 8.98. The second-order valence-electron chi connectivity index (χ2n) is 6.57. The van der Waals surface area contributed by atoms with E-state index in [1.54, 1.807) is 19.5 Å². The highest BCUT2D eigenvalue weighted by atomic mass is 32.2. The number of amides is 1. The first-order chi connectivity index (χ1) is 13.6. The summed E-state index contributed by atoms with van der Waals surface area (Å²) in [7, 11) is 1.63. The molecular weight excluding hydrogens is 374 g/mol. The summed E-state index contributed by atoms with van der Waals surface area (Å²) < 4.78 is 7.18. The number of nitrogens with zero attached hydrogens (tertiary/aromatic N) is 4. The van der Waals surface area contributed by atoms with Crippen molar-refractivity contribution < 1.29 is 9.53 Å². The summed E-state index contributed by atoms with van der Waals surface area (Å²) in [6.45, 7) is 4.79. The zero-order valence-electron chi connectivity index (χ0n) is 16.1. The molecule has 8 heteroatoms. The number of pyridine rings is 1. The van der Waals surface area contributed by atoms with Crippen LogP contribution in [0.3, 0.4) is 0 Å². The number of aromatic nitrogens is 4. The second-order valence-corrected chi connectivity index (χ2v) is 7.51. The Labute approximate surface area is 168 Å². The lowest BCUT2D eigenvalue weighted by Crippen LogP contribution is -2.28. The zero-order valence-corrected chi connectivity index (χ0v) is 16.9. The fourth-order valence-electron chi connectivity index (χ4n) is 2.51. The lowest BCUT2D eigenvalue weighted by atomic mass is 10.2. The first-order valence-corrected chi connectivity index (χ1v) is 9.96. The van der Waals surface area contributed by atoms with Gasteiger partial charge < -0.3 is 10.1 Å². The van der Waals surface area contributed by atoms with Crippen LogP contribution in [0.4, 0.5) is 0 Å². The van der Waals surface area contributed by atoms with Gasteiger partial charge in [-0.3, -0.25) is 14.3 Å². The average Bonchev–Trinajstić information content (AvgIpc) is 3.15. The Bertz CT molecular complexity index is 910. The standard InChI is InChI=1S/C20H23N5O2S/c1-14(2)11-22-18(26)13-28-20-24-23-19(15-5-4-10-21-12-15)25(20)16-6-8-17(27-3)9-7-16/h4-10,12,14H,11,13H2,1-3H3,(H,22,26). The third kappa shape index (κ3) is 4.89. The molecule has 0 bridgehead atoms. The normalized spacial score (nSPS) is 10.9. The molecule has 0 saturated carbocycles. The van der Waals surface area contributed by atoms with Gasteiger partial charge in [0.25, 0.3) is 0 Å². The van der Waals surface area contributed by atoms with E-state index < -0.39 is 0 Å². The Morgan fingerprint density at radius 1 is 1.21 bits per heavy atom. The maximum atomic E-state index is 12.1. The Morgan fingerprint density at radius 3 is 2.64 bits per heavy atom. The van der Waals surface area contributed by atoms with E-state index in [-0.39, 0.29) is 11.7 Å². The van der Waals surface area contributed by atoms with E-state index in [1.165, 1.54) is 11.8 Å². The number of hydrogen-bond donors (Lipinski definition) is 1. The van der Waals surface area contributed by atoms with Crippen LogP contribution in [0.5, 0.6) is 5.75 Å². The summed E-state index contributed by atoms with van der Waals surface area (Å²) in [5.74, 6) is 2.10. The van der Waals surface area contributed by atoms with Crippen LogP contribution in [0.1, 0.15) is 13.8 Å². The lowest BCUT2D eigenvalue weighted by molar-refractivity contribution is -0.118. The van der Waals surface area contributed by atoms with Crippen LogP contribution < -0.4 is 10.1 Å². The van der Waals surface area contributed by atoms with Crippen LogP contribution in [-0.4, -0.2) is 45.1 Å². The van der Waals surface area contributed by atoms with Crippen LogP contribution in [0.25, 0.3) is 17.1 Å².